The fourth-order valence-corrected chi connectivity index (χ4v) is 2.53. The van der Waals surface area contributed by atoms with Gasteiger partial charge in [-0.3, -0.25) is 0 Å². The first-order valence-corrected chi connectivity index (χ1v) is 7.40. The number of hydrogen-bond donors (Lipinski definition) is 1. The molecule has 0 unspecified atom stereocenters. The van der Waals surface area contributed by atoms with Crippen LogP contribution >= 0.6 is 31.9 Å². The molecule has 0 aliphatic heterocycles. The molecule has 0 atom stereocenters. The predicted molar refractivity (Wildman–Crippen MR) is 85.1 cm³/mol. The fourth-order valence-electron chi connectivity index (χ4n) is 1.74. The second kappa shape index (κ2) is 5.89. The molecule has 0 spiro atoms. The van der Waals surface area contributed by atoms with Crippen molar-refractivity contribution >= 4 is 37.5 Å². The van der Waals surface area contributed by atoms with Crippen molar-refractivity contribution in [3.05, 3.63) is 62.0 Å². The van der Waals surface area contributed by atoms with E-state index in [0.29, 0.717) is 0 Å². The third-order valence-corrected chi connectivity index (χ3v) is 4.70. The molecule has 0 saturated heterocycles. The van der Waals surface area contributed by atoms with Gasteiger partial charge in [-0.05, 0) is 48.7 Å². The number of halogens is 2. The lowest BCUT2D eigenvalue weighted by Crippen LogP contribution is -2.01. The van der Waals surface area contributed by atoms with Crippen LogP contribution in [0, 0.1) is 13.8 Å². The van der Waals surface area contributed by atoms with Gasteiger partial charge in [0.1, 0.15) is 0 Å². The number of anilines is 1. The van der Waals surface area contributed by atoms with Crippen LogP contribution in [0.15, 0.2) is 45.3 Å². The lowest BCUT2D eigenvalue weighted by Gasteiger charge is -2.11. The molecule has 2 rings (SSSR count). The van der Waals surface area contributed by atoms with Crippen LogP contribution in [0.1, 0.15) is 16.7 Å². The van der Waals surface area contributed by atoms with E-state index in [0.717, 1.165) is 15.5 Å². The first-order valence-electron chi connectivity index (χ1n) is 5.82. The van der Waals surface area contributed by atoms with Gasteiger partial charge < -0.3 is 5.32 Å². The Morgan fingerprint density at radius 1 is 1.00 bits per heavy atom. The van der Waals surface area contributed by atoms with Gasteiger partial charge in [0.2, 0.25) is 0 Å². The van der Waals surface area contributed by atoms with Crippen molar-refractivity contribution in [3.8, 4) is 0 Å². The van der Waals surface area contributed by atoms with Crippen molar-refractivity contribution in [1.29, 1.82) is 0 Å². The van der Waals surface area contributed by atoms with Crippen molar-refractivity contribution in [2.45, 2.75) is 20.4 Å². The topological polar surface area (TPSA) is 12.0 Å². The summed E-state index contributed by atoms with van der Waals surface area (Å²) in [6.07, 6.45) is 0. The Labute approximate surface area is 125 Å². The van der Waals surface area contributed by atoms with Crippen LogP contribution in [0.5, 0.6) is 0 Å². The SMILES string of the molecule is Cc1ccc(CNc2cccc(Br)c2C)cc1Br. The van der Waals surface area contributed by atoms with Crippen LogP contribution in [0.2, 0.25) is 0 Å². The molecule has 0 heterocycles. The third kappa shape index (κ3) is 3.15. The Hall–Kier alpha value is -0.800. The van der Waals surface area contributed by atoms with Crippen LogP contribution in [-0.4, -0.2) is 0 Å². The highest BCUT2D eigenvalue weighted by Gasteiger charge is 2.02. The van der Waals surface area contributed by atoms with Gasteiger partial charge in [-0.2, -0.15) is 0 Å². The standard InChI is InChI=1S/C15H15Br2N/c1-10-6-7-12(8-14(10)17)9-18-15-5-3-4-13(16)11(15)2/h3-8,18H,9H2,1-2H3. The van der Waals surface area contributed by atoms with Crippen LogP contribution in [0.25, 0.3) is 0 Å². The van der Waals surface area contributed by atoms with E-state index in [9.17, 15) is 0 Å². The van der Waals surface area contributed by atoms with Gasteiger partial charge in [0, 0.05) is 21.2 Å². The number of nitrogens with one attached hydrogen (secondary N) is 1. The molecule has 18 heavy (non-hydrogen) atoms. The second-order valence-corrected chi connectivity index (χ2v) is 6.06. The molecule has 94 valence electrons. The van der Waals surface area contributed by atoms with Crippen molar-refractivity contribution < 1.29 is 0 Å². The van der Waals surface area contributed by atoms with E-state index in [1.54, 1.807) is 0 Å². The summed E-state index contributed by atoms with van der Waals surface area (Å²) in [7, 11) is 0. The van der Waals surface area contributed by atoms with E-state index in [-0.39, 0.29) is 0 Å². The van der Waals surface area contributed by atoms with Crippen LogP contribution in [0.4, 0.5) is 5.69 Å². The number of benzene rings is 2. The fraction of sp³-hybridized carbons (Fsp3) is 0.200. The maximum Gasteiger partial charge on any atom is 0.0401 e. The van der Waals surface area contributed by atoms with Gasteiger partial charge in [0.15, 0.2) is 0 Å². The normalized spacial score (nSPS) is 10.4. The summed E-state index contributed by atoms with van der Waals surface area (Å²) in [5.74, 6) is 0. The number of hydrogen-bond acceptors (Lipinski definition) is 1. The number of aryl methyl sites for hydroxylation is 1. The Bertz CT molecular complexity index is 564. The van der Waals surface area contributed by atoms with Crippen molar-refractivity contribution in [1.82, 2.24) is 0 Å². The second-order valence-electron chi connectivity index (χ2n) is 4.35. The summed E-state index contributed by atoms with van der Waals surface area (Å²) in [6, 6.07) is 12.7. The summed E-state index contributed by atoms with van der Waals surface area (Å²) in [6.45, 7) is 5.04. The summed E-state index contributed by atoms with van der Waals surface area (Å²) >= 11 is 7.11. The summed E-state index contributed by atoms with van der Waals surface area (Å²) < 4.78 is 2.30. The zero-order valence-corrected chi connectivity index (χ0v) is 13.6. The Kier molecular flexibility index (Phi) is 4.46. The van der Waals surface area contributed by atoms with Gasteiger partial charge in [-0.1, -0.05) is 50.1 Å². The average Bonchev–Trinajstić information content (AvgIpc) is 2.35. The van der Waals surface area contributed by atoms with E-state index >= 15 is 0 Å². The minimum Gasteiger partial charge on any atom is -0.381 e. The lowest BCUT2D eigenvalue weighted by atomic mass is 10.1. The van der Waals surface area contributed by atoms with E-state index in [4.69, 9.17) is 0 Å². The molecule has 1 N–H and O–H groups in total. The average molecular weight is 369 g/mol. The zero-order chi connectivity index (χ0) is 13.1. The highest BCUT2D eigenvalue weighted by atomic mass is 79.9. The Morgan fingerprint density at radius 2 is 1.78 bits per heavy atom. The van der Waals surface area contributed by atoms with Crippen molar-refractivity contribution in [2.24, 2.45) is 0 Å². The Morgan fingerprint density at radius 3 is 2.50 bits per heavy atom. The molecule has 3 heteroatoms. The molecule has 2 aromatic carbocycles. The predicted octanol–water partition coefficient (Wildman–Crippen LogP) is 5.44. The summed E-state index contributed by atoms with van der Waals surface area (Å²) in [5, 5.41) is 3.47. The van der Waals surface area contributed by atoms with E-state index in [1.165, 1.54) is 22.4 Å². The molecular weight excluding hydrogens is 354 g/mol. The molecule has 0 aliphatic carbocycles. The third-order valence-electron chi connectivity index (χ3n) is 2.99. The maximum absolute atomic E-state index is 3.56. The highest BCUT2D eigenvalue weighted by molar-refractivity contribution is 9.10. The molecule has 0 bridgehead atoms. The highest BCUT2D eigenvalue weighted by Crippen LogP contribution is 2.24. The summed E-state index contributed by atoms with van der Waals surface area (Å²) in [4.78, 5) is 0. The van der Waals surface area contributed by atoms with Crippen molar-refractivity contribution in [3.63, 3.8) is 0 Å². The minimum atomic E-state index is 0.830. The molecule has 0 amide bonds. The van der Waals surface area contributed by atoms with Gasteiger partial charge >= 0.3 is 0 Å². The Balaban J connectivity index is 2.11. The molecule has 1 nitrogen and oxygen atoms in total. The van der Waals surface area contributed by atoms with Crippen molar-refractivity contribution in [2.75, 3.05) is 5.32 Å². The maximum atomic E-state index is 3.56. The van der Waals surface area contributed by atoms with Crippen LogP contribution in [-0.2, 0) is 6.54 Å². The molecule has 0 radical (unpaired) electrons. The van der Waals surface area contributed by atoms with Gasteiger partial charge in [0.05, 0.1) is 0 Å². The molecule has 2 aromatic rings. The first-order chi connectivity index (χ1) is 8.58. The molecule has 0 fully saturated rings. The van der Waals surface area contributed by atoms with E-state index in [2.05, 4.69) is 81.4 Å². The lowest BCUT2D eigenvalue weighted by molar-refractivity contribution is 1.13. The largest absolute Gasteiger partial charge is 0.381 e. The molecular formula is C15H15Br2N. The monoisotopic (exact) mass is 367 g/mol. The van der Waals surface area contributed by atoms with E-state index in [1.807, 2.05) is 6.07 Å². The quantitative estimate of drug-likeness (QED) is 0.760. The van der Waals surface area contributed by atoms with Gasteiger partial charge in [-0.15, -0.1) is 0 Å². The van der Waals surface area contributed by atoms with Crippen LogP contribution in [0.3, 0.4) is 0 Å². The minimum absolute atomic E-state index is 0.830. The number of rotatable bonds is 3. The summed E-state index contributed by atoms with van der Waals surface area (Å²) in [5.41, 5.74) is 4.94. The first kappa shape index (κ1) is 13.6. The van der Waals surface area contributed by atoms with Gasteiger partial charge in [-0.25, -0.2) is 0 Å². The smallest absolute Gasteiger partial charge is 0.0401 e. The van der Waals surface area contributed by atoms with Gasteiger partial charge in [0.25, 0.3) is 0 Å². The van der Waals surface area contributed by atoms with Crippen LogP contribution < -0.4 is 5.32 Å². The molecule has 0 aliphatic rings. The zero-order valence-electron chi connectivity index (χ0n) is 10.4. The van der Waals surface area contributed by atoms with E-state index < -0.39 is 0 Å². The molecule has 0 saturated carbocycles. The molecule has 0 aromatic heterocycles.